The Hall–Kier alpha value is -3.65. The van der Waals surface area contributed by atoms with Crippen molar-refractivity contribution in [2.24, 2.45) is 0 Å². The fourth-order valence-electron chi connectivity index (χ4n) is 5.23. The van der Waals surface area contributed by atoms with Gasteiger partial charge < -0.3 is 20.6 Å². The zero-order valence-corrected chi connectivity index (χ0v) is 19.8. The zero-order valence-electron chi connectivity index (χ0n) is 19.8. The van der Waals surface area contributed by atoms with Gasteiger partial charge >= 0.3 is 0 Å². The number of nitrogens with one attached hydrogen (secondary N) is 2. The number of anilines is 3. The van der Waals surface area contributed by atoms with Crippen LogP contribution in [0.3, 0.4) is 0 Å². The molecular weight excluding hydrogens is 444 g/mol. The Morgan fingerprint density at radius 2 is 1.80 bits per heavy atom. The second-order valence-electron chi connectivity index (χ2n) is 9.33. The number of aromatic hydroxyl groups is 1. The summed E-state index contributed by atoms with van der Waals surface area (Å²) in [7, 11) is 0. The number of para-hydroxylation sites is 1. The lowest BCUT2D eigenvalue weighted by Crippen LogP contribution is -2.52. The van der Waals surface area contributed by atoms with Gasteiger partial charge in [-0.15, -0.1) is 0 Å². The summed E-state index contributed by atoms with van der Waals surface area (Å²) in [5.74, 6) is -0.448. The van der Waals surface area contributed by atoms with Crippen molar-refractivity contribution in [1.82, 2.24) is 9.80 Å². The molecule has 3 N–H and O–H groups in total. The molecule has 3 aromatic carbocycles. The molecule has 3 aromatic rings. The van der Waals surface area contributed by atoms with Crippen LogP contribution in [0.15, 0.2) is 58.1 Å². The number of benzene rings is 2. The Balaban J connectivity index is 1.36. The molecule has 2 aliphatic heterocycles. The molecule has 35 heavy (non-hydrogen) atoms. The third-order valence-electron chi connectivity index (χ3n) is 7.24. The van der Waals surface area contributed by atoms with Crippen molar-refractivity contribution in [2.45, 2.75) is 38.3 Å². The average Bonchev–Trinajstić information content (AvgIpc) is 3.37. The van der Waals surface area contributed by atoms with Crippen molar-refractivity contribution in [1.29, 1.82) is 0 Å². The lowest BCUT2D eigenvalue weighted by Gasteiger charge is -2.37. The first-order chi connectivity index (χ1) is 17.0. The topological polar surface area (TPSA) is 102 Å². The van der Waals surface area contributed by atoms with Gasteiger partial charge in [0.25, 0.3) is 16.8 Å². The van der Waals surface area contributed by atoms with Gasteiger partial charge in [-0.05, 0) is 43.5 Å². The first-order valence-corrected chi connectivity index (χ1v) is 12.2. The summed E-state index contributed by atoms with van der Waals surface area (Å²) in [4.78, 5) is 42.2. The third kappa shape index (κ3) is 4.30. The van der Waals surface area contributed by atoms with E-state index in [1.165, 1.54) is 0 Å². The molecule has 8 heteroatoms. The molecule has 0 saturated carbocycles. The quantitative estimate of drug-likeness (QED) is 0.357. The van der Waals surface area contributed by atoms with Gasteiger partial charge in [0.05, 0.1) is 17.3 Å². The van der Waals surface area contributed by atoms with Crippen LogP contribution in [-0.4, -0.2) is 53.0 Å². The number of carbonyl (C=O) groups excluding carboxylic acids is 1. The highest BCUT2D eigenvalue weighted by molar-refractivity contribution is 5.99. The van der Waals surface area contributed by atoms with Crippen molar-refractivity contribution in [2.75, 3.05) is 36.8 Å². The minimum absolute atomic E-state index is 0.101. The van der Waals surface area contributed by atoms with E-state index in [2.05, 4.69) is 15.5 Å². The van der Waals surface area contributed by atoms with Gasteiger partial charge in [-0.2, -0.15) is 0 Å². The summed E-state index contributed by atoms with van der Waals surface area (Å²) < 4.78 is 0. The van der Waals surface area contributed by atoms with Crippen LogP contribution in [0.5, 0.6) is 5.75 Å². The SMILES string of the molecule is CCC(Nc1c(Nc2cccc(C(=O)N3CCN4CCCC4C3)c2O)c(=O)c1=O)c1ccccc1. The van der Waals surface area contributed by atoms with E-state index in [0.29, 0.717) is 25.6 Å². The highest BCUT2D eigenvalue weighted by atomic mass is 16.3. The van der Waals surface area contributed by atoms with E-state index in [-0.39, 0.29) is 40.3 Å². The van der Waals surface area contributed by atoms with Crippen LogP contribution in [0.4, 0.5) is 17.1 Å². The average molecular weight is 475 g/mol. The monoisotopic (exact) mass is 474 g/mol. The molecule has 2 atom stereocenters. The first kappa shape index (κ1) is 23.1. The number of phenolic OH excluding ortho intramolecular Hbond substituents is 1. The second kappa shape index (κ2) is 9.54. The Kier molecular flexibility index (Phi) is 6.30. The molecule has 5 rings (SSSR count). The van der Waals surface area contributed by atoms with Crippen LogP contribution in [-0.2, 0) is 0 Å². The predicted molar refractivity (Wildman–Crippen MR) is 136 cm³/mol. The Bertz CT molecular complexity index is 1300. The summed E-state index contributed by atoms with van der Waals surface area (Å²) in [6.45, 7) is 5.19. The van der Waals surface area contributed by atoms with Gasteiger partial charge in [-0.3, -0.25) is 19.3 Å². The van der Waals surface area contributed by atoms with Crippen LogP contribution < -0.4 is 21.5 Å². The third-order valence-corrected chi connectivity index (χ3v) is 7.24. The molecule has 182 valence electrons. The van der Waals surface area contributed by atoms with Gasteiger partial charge in [-0.25, -0.2) is 0 Å². The van der Waals surface area contributed by atoms with Crippen LogP contribution in [0.1, 0.15) is 48.1 Å². The Morgan fingerprint density at radius 1 is 1.03 bits per heavy atom. The Labute approximate surface area is 203 Å². The van der Waals surface area contributed by atoms with Gasteiger partial charge in [0, 0.05) is 25.7 Å². The zero-order chi connectivity index (χ0) is 24.5. The molecule has 2 saturated heterocycles. The van der Waals surface area contributed by atoms with E-state index < -0.39 is 10.9 Å². The molecule has 0 aromatic heterocycles. The van der Waals surface area contributed by atoms with Crippen molar-refractivity contribution < 1.29 is 9.90 Å². The molecule has 0 radical (unpaired) electrons. The maximum absolute atomic E-state index is 13.2. The number of hydrogen-bond donors (Lipinski definition) is 3. The molecule has 0 spiro atoms. The molecule has 0 aliphatic carbocycles. The molecule has 2 unspecified atom stereocenters. The van der Waals surface area contributed by atoms with Crippen LogP contribution in [0, 0.1) is 0 Å². The van der Waals surface area contributed by atoms with E-state index >= 15 is 0 Å². The minimum atomic E-state index is -0.649. The molecule has 2 aliphatic rings. The van der Waals surface area contributed by atoms with Gasteiger partial charge in [0.15, 0.2) is 5.75 Å². The smallest absolute Gasteiger partial charge is 0.257 e. The number of phenols is 1. The highest BCUT2D eigenvalue weighted by Crippen LogP contribution is 2.34. The number of rotatable bonds is 7. The predicted octanol–water partition coefficient (Wildman–Crippen LogP) is 3.22. The van der Waals surface area contributed by atoms with Crippen LogP contribution in [0.25, 0.3) is 0 Å². The fourth-order valence-corrected chi connectivity index (χ4v) is 5.23. The van der Waals surface area contributed by atoms with E-state index in [9.17, 15) is 19.5 Å². The minimum Gasteiger partial charge on any atom is -0.505 e. The molecular formula is C27H30N4O4. The van der Waals surface area contributed by atoms with Gasteiger partial charge in [0.1, 0.15) is 11.4 Å². The summed E-state index contributed by atoms with van der Waals surface area (Å²) in [5, 5.41) is 17.0. The van der Waals surface area contributed by atoms with Crippen molar-refractivity contribution >= 4 is 23.0 Å². The molecule has 1 amide bonds. The second-order valence-corrected chi connectivity index (χ2v) is 9.33. The largest absolute Gasteiger partial charge is 0.505 e. The lowest BCUT2D eigenvalue weighted by molar-refractivity contribution is 0.0568. The summed E-state index contributed by atoms with van der Waals surface area (Å²) >= 11 is 0. The number of hydrogen-bond acceptors (Lipinski definition) is 7. The first-order valence-electron chi connectivity index (χ1n) is 12.2. The number of carbonyl (C=O) groups is 1. The van der Waals surface area contributed by atoms with Gasteiger partial charge in [0.2, 0.25) is 0 Å². The van der Waals surface area contributed by atoms with Crippen molar-refractivity contribution in [3.63, 3.8) is 0 Å². The molecule has 0 bridgehead atoms. The standard InChI is InChI=1S/C27H30N4O4/c1-2-20(17-8-4-3-5-9-17)28-22-23(26(34)25(22)33)29-21-12-6-11-19(24(21)32)27(35)31-15-14-30-13-7-10-18(30)16-31/h3-6,8-9,11-12,18,20,28-29,32H,2,7,10,13-16H2,1H3. The molecule has 8 nitrogen and oxygen atoms in total. The van der Waals surface area contributed by atoms with Crippen molar-refractivity contribution in [3.05, 3.63) is 80.1 Å². The van der Waals surface area contributed by atoms with E-state index in [1.54, 1.807) is 23.1 Å². The highest BCUT2D eigenvalue weighted by Gasteiger charge is 2.34. The number of piperazine rings is 1. The molecule has 2 heterocycles. The summed E-state index contributed by atoms with van der Waals surface area (Å²) in [6.07, 6.45) is 2.95. The van der Waals surface area contributed by atoms with Crippen molar-refractivity contribution in [3.8, 4) is 5.75 Å². The Morgan fingerprint density at radius 3 is 2.57 bits per heavy atom. The molecule has 2 fully saturated rings. The van der Waals surface area contributed by atoms with E-state index in [0.717, 1.165) is 31.5 Å². The summed E-state index contributed by atoms with van der Waals surface area (Å²) in [5.41, 5.74) is 0.463. The lowest BCUT2D eigenvalue weighted by atomic mass is 10.0. The number of fused-ring (bicyclic) bond motifs is 1. The summed E-state index contributed by atoms with van der Waals surface area (Å²) in [6, 6.07) is 14.8. The number of nitrogens with zero attached hydrogens (tertiary/aromatic N) is 2. The van der Waals surface area contributed by atoms with Gasteiger partial charge in [-0.1, -0.05) is 43.3 Å². The number of amides is 1. The van der Waals surface area contributed by atoms with Crippen LogP contribution in [0.2, 0.25) is 0 Å². The van der Waals surface area contributed by atoms with Crippen LogP contribution >= 0.6 is 0 Å². The van der Waals surface area contributed by atoms with E-state index in [1.807, 2.05) is 37.3 Å². The fraction of sp³-hybridized carbons (Fsp3) is 0.370. The normalized spacial score (nSPS) is 18.9. The van der Waals surface area contributed by atoms with E-state index in [4.69, 9.17) is 0 Å². The maximum Gasteiger partial charge on any atom is 0.257 e. The maximum atomic E-state index is 13.2.